The Morgan fingerprint density at radius 2 is 2.06 bits per heavy atom. The van der Waals surface area contributed by atoms with E-state index in [1.54, 1.807) is 30.7 Å². The van der Waals surface area contributed by atoms with Gasteiger partial charge in [-0.15, -0.1) is 0 Å². The van der Waals surface area contributed by atoms with Crippen molar-refractivity contribution in [3.8, 4) is 0 Å². The van der Waals surface area contributed by atoms with E-state index in [0.717, 1.165) is 5.56 Å². The zero-order valence-electron chi connectivity index (χ0n) is 8.47. The fourth-order valence-electron chi connectivity index (χ4n) is 1.49. The first-order valence-corrected chi connectivity index (χ1v) is 5.17. The van der Waals surface area contributed by atoms with Gasteiger partial charge in [0.2, 0.25) is 0 Å². The van der Waals surface area contributed by atoms with Crippen molar-refractivity contribution in [2.45, 2.75) is 6.04 Å². The fourth-order valence-corrected chi connectivity index (χ4v) is 1.72. The van der Waals surface area contributed by atoms with Gasteiger partial charge in [-0.1, -0.05) is 17.7 Å². The van der Waals surface area contributed by atoms with E-state index in [4.69, 9.17) is 17.4 Å². The highest BCUT2D eigenvalue weighted by Crippen LogP contribution is 2.24. The van der Waals surface area contributed by atoms with E-state index in [9.17, 15) is 0 Å². The maximum absolute atomic E-state index is 6.07. The van der Waals surface area contributed by atoms with Crippen LogP contribution in [0.25, 0.3) is 0 Å². The average molecular weight is 235 g/mol. The number of nitrogens with zero attached hydrogens (tertiary/aromatic N) is 2. The van der Waals surface area contributed by atoms with Crippen molar-refractivity contribution in [2.75, 3.05) is 0 Å². The Kier molecular flexibility index (Phi) is 3.46. The molecule has 1 unspecified atom stereocenters. The molecular formula is C11H11ClN4. The van der Waals surface area contributed by atoms with Crippen LogP contribution in [0.5, 0.6) is 0 Å². The van der Waals surface area contributed by atoms with Crippen molar-refractivity contribution in [1.29, 1.82) is 0 Å². The summed E-state index contributed by atoms with van der Waals surface area (Å²) >= 11 is 6.07. The monoisotopic (exact) mass is 234 g/mol. The molecule has 4 nitrogen and oxygen atoms in total. The zero-order chi connectivity index (χ0) is 11.4. The number of hydrogen-bond acceptors (Lipinski definition) is 4. The van der Waals surface area contributed by atoms with Gasteiger partial charge in [0.15, 0.2) is 0 Å². The Balaban J connectivity index is 2.41. The second-order valence-corrected chi connectivity index (χ2v) is 3.66. The molecule has 2 rings (SSSR count). The van der Waals surface area contributed by atoms with Crippen LogP contribution in [-0.2, 0) is 0 Å². The van der Waals surface area contributed by atoms with Gasteiger partial charge in [0.25, 0.3) is 0 Å². The number of hydrazine groups is 1. The molecule has 0 aliphatic heterocycles. The summed E-state index contributed by atoms with van der Waals surface area (Å²) in [6.45, 7) is 0. The van der Waals surface area contributed by atoms with Crippen molar-refractivity contribution < 1.29 is 0 Å². The Labute approximate surface area is 98.5 Å². The number of halogens is 1. The Hall–Kier alpha value is -1.49. The van der Waals surface area contributed by atoms with Gasteiger partial charge in [0.1, 0.15) is 0 Å². The summed E-state index contributed by atoms with van der Waals surface area (Å²) in [5, 5.41) is 0.578. The summed E-state index contributed by atoms with van der Waals surface area (Å²) in [5.74, 6) is 5.53. The quantitative estimate of drug-likeness (QED) is 0.627. The van der Waals surface area contributed by atoms with Crippen LogP contribution in [0.3, 0.4) is 0 Å². The number of pyridine rings is 2. The number of nitrogens with two attached hydrogens (primary N) is 1. The lowest BCUT2D eigenvalue weighted by atomic mass is 10.1. The molecule has 0 saturated heterocycles. The molecule has 16 heavy (non-hydrogen) atoms. The number of aromatic nitrogens is 2. The topological polar surface area (TPSA) is 63.8 Å². The molecule has 5 heteroatoms. The minimum absolute atomic E-state index is 0.248. The third-order valence-electron chi connectivity index (χ3n) is 2.24. The van der Waals surface area contributed by atoms with Gasteiger partial charge in [0, 0.05) is 18.6 Å². The van der Waals surface area contributed by atoms with E-state index < -0.39 is 0 Å². The van der Waals surface area contributed by atoms with Gasteiger partial charge in [-0.25, -0.2) is 5.43 Å². The molecule has 0 radical (unpaired) electrons. The van der Waals surface area contributed by atoms with Crippen LogP contribution in [0, 0.1) is 0 Å². The van der Waals surface area contributed by atoms with E-state index in [0.29, 0.717) is 10.7 Å². The first-order valence-electron chi connectivity index (χ1n) is 4.79. The molecule has 0 amide bonds. The summed E-state index contributed by atoms with van der Waals surface area (Å²) in [7, 11) is 0. The van der Waals surface area contributed by atoms with Crippen molar-refractivity contribution >= 4 is 11.6 Å². The minimum atomic E-state index is -0.248. The third kappa shape index (κ3) is 2.19. The van der Waals surface area contributed by atoms with E-state index >= 15 is 0 Å². The second-order valence-electron chi connectivity index (χ2n) is 3.26. The van der Waals surface area contributed by atoms with Crippen molar-refractivity contribution in [3.05, 3.63) is 59.1 Å². The standard InChI is InChI=1S/C11H11ClN4/c12-9-4-2-6-15-11(9)10(16-13)8-3-1-5-14-7-8/h1-7,10,16H,13H2. The van der Waals surface area contributed by atoms with E-state index in [1.165, 1.54) is 0 Å². The summed E-state index contributed by atoms with van der Waals surface area (Å²) in [6.07, 6.45) is 5.12. The molecule has 3 N–H and O–H groups in total. The molecule has 0 aliphatic carbocycles. The predicted octanol–water partition coefficient (Wildman–Crippen LogP) is 1.68. The molecule has 0 aromatic carbocycles. The highest BCUT2D eigenvalue weighted by atomic mass is 35.5. The van der Waals surface area contributed by atoms with Gasteiger partial charge in [-0.05, 0) is 23.8 Å². The molecule has 0 saturated carbocycles. The highest BCUT2D eigenvalue weighted by molar-refractivity contribution is 6.31. The summed E-state index contributed by atoms with van der Waals surface area (Å²) < 4.78 is 0. The van der Waals surface area contributed by atoms with Crippen LogP contribution in [0.2, 0.25) is 5.02 Å². The smallest absolute Gasteiger partial charge is 0.0911 e. The van der Waals surface area contributed by atoms with Crippen molar-refractivity contribution in [3.63, 3.8) is 0 Å². The van der Waals surface area contributed by atoms with Gasteiger partial charge in [0.05, 0.1) is 16.8 Å². The number of nitrogens with one attached hydrogen (secondary N) is 1. The fraction of sp³-hybridized carbons (Fsp3) is 0.0909. The third-order valence-corrected chi connectivity index (χ3v) is 2.56. The summed E-state index contributed by atoms with van der Waals surface area (Å²) in [6, 6.07) is 7.08. The van der Waals surface area contributed by atoms with Gasteiger partial charge in [-0.3, -0.25) is 15.8 Å². The van der Waals surface area contributed by atoms with Crippen LogP contribution in [0.15, 0.2) is 42.9 Å². The van der Waals surface area contributed by atoms with Gasteiger partial charge >= 0.3 is 0 Å². The Bertz CT molecular complexity index is 461. The molecule has 82 valence electrons. The zero-order valence-corrected chi connectivity index (χ0v) is 9.22. The highest BCUT2D eigenvalue weighted by Gasteiger charge is 2.16. The van der Waals surface area contributed by atoms with Gasteiger partial charge < -0.3 is 0 Å². The Morgan fingerprint density at radius 1 is 1.25 bits per heavy atom. The largest absolute Gasteiger partial charge is 0.271 e. The first-order chi connectivity index (χ1) is 7.83. The lowest BCUT2D eigenvalue weighted by Gasteiger charge is -2.16. The van der Waals surface area contributed by atoms with Crippen LogP contribution in [-0.4, -0.2) is 9.97 Å². The van der Waals surface area contributed by atoms with Crippen LogP contribution in [0.1, 0.15) is 17.3 Å². The average Bonchev–Trinajstić information content (AvgIpc) is 2.34. The number of hydrogen-bond donors (Lipinski definition) is 2. The maximum Gasteiger partial charge on any atom is 0.0911 e. The molecule has 0 aliphatic rings. The molecular weight excluding hydrogens is 224 g/mol. The normalized spacial score (nSPS) is 12.4. The molecule has 0 fully saturated rings. The molecule has 0 spiro atoms. The van der Waals surface area contributed by atoms with E-state index in [-0.39, 0.29) is 6.04 Å². The van der Waals surface area contributed by atoms with Gasteiger partial charge in [-0.2, -0.15) is 0 Å². The van der Waals surface area contributed by atoms with Crippen molar-refractivity contribution in [1.82, 2.24) is 15.4 Å². The molecule has 2 aromatic rings. The summed E-state index contributed by atoms with van der Waals surface area (Å²) in [5.41, 5.74) is 4.30. The van der Waals surface area contributed by atoms with Crippen molar-refractivity contribution in [2.24, 2.45) is 5.84 Å². The lowest BCUT2D eigenvalue weighted by Crippen LogP contribution is -2.29. The van der Waals surface area contributed by atoms with Crippen LogP contribution >= 0.6 is 11.6 Å². The maximum atomic E-state index is 6.07. The molecule has 2 aromatic heterocycles. The van der Waals surface area contributed by atoms with Crippen LogP contribution in [0.4, 0.5) is 0 Å². The predicted molar refractivity (Wildman–Crippen MR) is 62.7 cm³/mol. The minimum Gasteiger partial charge on any atom is -0.271 e. The molecule has 0 bridgehead atoms. The molecule has 1 atom stereocenters. The lowest BCUT2D eigenvalue weighted by molar-refractivity contribution is 0.619. The first kappa shape index (κ1) is 11.0. The van der Waals surface area contributed by atoms with Crippen LogP contribution < -0.4 is 11.3 Å². The SMILES string of the molecule is NNC(c1cccnc1)c1ncccc1Cl. The number of rotatable bonds is 3. The Morgan fingerprint density at radius 3 is 2.69 bits per heavy atom. The molecule has 2 heterocycles. The van der Waals surface area contributed by atoms with E-state index in [1.807, 2.05) is 12.1 Å². The second kappa shape index (κ2) is 5.03. The summed E-state index contributed by atoms with van der Waals surface area (Å²) in [4.78, 5) is 8.27. The van der Waals surface area contributed by atoms with E-state index in [2.05, 4.69) is 15.4 Å².